The van der Waals surface area contributed by atoms with E-state index in [0.29, 0.717) is 12.3 Å². The van der Waals surface area contributed by atoms with E-state index in [1.165, 1.54) is 12.5 Å². The normalized spacial score (nSPS) is 10.3. The molecule has 3 rings (SSSR count). The number of anilines is 3. The summed E-state index contributed by atoms with van der Waals surface area (Å²) in [6.45, 7) is 2.31. The molecule has 0 radical (unpaired) electrons. The van der Waals surface area contributed by atoms with Gasteiger partial charge in [-0.2, -0.15) is 0 Å². The number of nitrogens with zero attached hydrogens (tertiary/aromatic N) is 1. The predicted octanol–water partition coefficient (Wildman–Crippen LogP) is 4.73. The number of benzene rings is 3. The number of aryl methyl sites for hydroxylation is 1. The van der Waals surface area contributed by atoms with E-state index >= 15 is 0 Å². The van der Waals surface area contributed by atoms with E-state index in [4.69, 9.17) is 4.74 Å². The monoisotopic (exact) mass is 431 g/mol. The Bertz CT molecular complexity index is 1000. The third-order valence-electron chi connectivity index (χ3n) is 5.04. The molecule has 0 aromatic heterocycles. The number of nitrogens with one attached hydrogen (secondary N) is 2. The van der Waals surface area contributed by atoms with Gasteiger partial charge in [0.25, 0.3) is 0 Å². The Morgan fingerprint density at radius 1 is 0.875 bits per heavy atom. The molecule has 0 spiro atoms. The molecule has 6 heteroatoms. The molecule has 2 N–H and O–H groups in total. The van der Waals surface area contributed by atoms with Gasteiger partial charge in [-0.3, -0.25) is 9.59 Å². The lowest BCUT2D eigenvalue weighted by atomic mass is 10.1. The summed E-state index contributed by atoms with van der Waals surface area (Å²) in [5.41, 5.74) is 3.61. The second-order valence-electron chi connectivity index (χ2n) is 7.49. The molecule has 0 aliphatic carbocycles. The molecule has 3 aromatic carbocycles. The minimum atomic E-state index is -0.154. The third kappa shape index (κ3) is 7.16. The highest BCUT2D eigenvalue weighted by molar-refractivity contribution is 5.94. The highest BCUT2D eigenvalue weighted by Gasteiger charge is 2.07. The van der Waals surface area contributed by atoms with Gasteiger partial charge in [0.2, 0.25) is 11.8 Å². The zero-order valence-electron chi connectivity index (χ0n) is 18.5. The van der Waals surface area contributed by atoms with Crippen LogP contribution in [0.2, 0.25) is 0 Å². The van der Waals surface area contributed by atoms with E-state index < -0.39 is 0 Å². The molecular formula is C26H29N3O3. The van der Waals surface area contributed by atoms with Crippen LogP contribution in [0.25, 0.3) is 0 Å². The van der Waals surface area contributed by atoms with Gasteiger partial charge in [0, 0.05) is 31.0 Å². The summed E-state index contributed by atoms with van der Waals surface area (Å²) in [5.74, 6) is 0.609. The number of hydrogen-bond acceptors (Lipinski definition) is 4. The van der Waals surface area contributed by atoms with Crippen LogP contribution in [0.1, 0.15) is 18.9 Å². The summed E-state index contributed by atoms with van der Waals surface area (Å²) in [7, 11) is 1.71. The van der Waals surface area contributed by atoms with Crippen LogP contribution in [0, 0.1) is 0 Å². The van der Waals surface area contributed by atoms with E-state index in [1.807, 2.05) is 42.5 Å². The maximum Gasteiger partial charge on any atom is 0.243 e. The van der Waals surface area contributed by atoms with Crippen LogP contribution in [0.4, 0.5) is 17.1 Å². The Morgan fingerprint density at radius 2 is 1.53 bits per heavy atom. The zero-order valence-corrected chi connectivity index (χ0v) is 18.5. The summed E-state index contributed by atoms with van der Waals surface area (Å²) in [4.78, 5) is 25.2. The topological polar surface area (TPSA) is 70.7 Å². The molecule has 0 unspecified atom stereocenters. The molecular weight excluding hydrogens is 402 g/mol. The van der Waals surface area contributed by atoms with Crippen molar-refractivity contribution < 1.29 is 14.3 Å². The molecule has 0 bridgehead atoms. The first kappa shape index (κ1) is 22.9. The highest BCUT2D eigenvalue weighted by atomic mass is 16.5. The van der Waals surface area contributed by atoms with Crippen LogP contribution in [0.3, 0.4) is 0 Å². The van der Waals surface area contributed by atoms with Crippen molar-refractivity contribution in [1.82, 2.24) is 0 Å². The lowest BCUT2D eigenvalue weighted by Gasteiger charge is -2.15. The standard InChI is InChI=1S/C26H29N3O3/c1-20(30)29(2)24-14-10-23(11-15-24)28-26(31)19-27-22-12-16-25(17-13-22)32-18-6-9-21-7-4-3-5-8-21/h3-5,7-8,10-17,27H,6,9,18-19H2,1-2H3,(H,28,31). The summed E-state index contributed by atoms with van der Waals surface area (Å²) in [5, 5.41) is 5.94. The summed E-state index contributed by atoms with van der Waals surface area (Å²) in [6, 6.07) is 25.1. The lowest BCUT2D eigenvalue weighted by molar-refractivity contribution is -0.116. The number of ether oxygens (including phenoxy) is 1. The highest BCUT2D eigenvalue weighted by Crippen LogP contribution is 2.18. The van der Waals surface area contributed by atoms with E-state index in [0.717, 1.165) is 30.0 Å². The number of carbonyl (C=O) groups excluding carboxylic acids is 2. The van der Waals surface area contributed by atoms with Gasteiger partial charge in [-0.05, 0) is 66.9 Å². The Labute approximate surface area is 189 Å². The average Bonchev–Trinajstić information content (AvgIpc) is 2.82. The number of carbonyl (C=O) groups is 2. The molecule has 2 amide bonds. The first-order valence-corrected chi connectivity index (χ1v) is 10.7. The predicted molar refractivity (Wildman–Crippen MR) is 129 cm³/mol. The molecule has 0 saturated carbocycles. The Morgan fingerprint density at radius 3 is 2.19 bits per heavy atom. The first-order chi connectivity index (χ1) is 15.5. The molecule has 6 nitrogen and oxygen atoms in total. The van der Waals surface area contributed by atoms with Crippen LogP contribution in [0.15, 0.2) is 78.9 Å². The van der Waals surface area contributed by atoms with Crippen molar-refractivity contribution in [2.75, 3.05) is 35.7 Å². The molecule has 166 valence electrons. The second-order valence-corrected chi connectivity index (χ2v) is 7.49. The molecule has 0 aliphatic rings. The Hall–Kier alpha value is -3.80. The van der Waals surface area contributed by atoms with Crippen molar-refractivity contribution in [3.8, 4) is 5.75 Å². The van der Waals surface area contributed by atoms with Gasteiger partial charge in [0.05, 0.1) is 13.2 Å². The minimum absolute atomic E-state index is 0.0467. The van der Waals surface area contributed by atoms with Crippen molar-refractivity contribution in [2.24, 2.45) is 0 Å². The smallest absolute Gasteiger partial charge is 0.243 e. The quantitative estimate of drug-likeness (QED) is 0.455. The Kier molecular flexibility index (Phi) is 8.26. The zero-order chi connectivity index (χ0) is 22.8. The van der Waals surface area contributed by atoms with Crippen LogP contribution >= 0.6 is 0 Å². The molecule has 0 saturated heterocycles. The summed E-state index contributed by atoms with van der Waals surface area (Å²) < 4.78 is 5.80. The molecule has 0 heterocycles. The maximum atomic E-state index is 12.2. The van der Waals surface area contributed by atoms with Gasteiger partial charge in [-0.1, -0.05) is 30.3 Å². The molecule has 3 aromatic rings. The van der Waals surface area contributed by atoms with E-state index in [2.05, 4.69) is 22.8 Å². The maximum absolute atomic E-state index is 12.2. The van der Waals surface area contributed by atoms with Gasteiger partial charge in [0.15, 0.2) is 0 Å². The van der Waals surface area contributed by atoms with Crippen LogP contribution in [-0.4, -0.2) is 32.0 Å². The van der Waals surface area contributed by atoms with Crippen molar-refractivity contribution in [3.05, 3.63) is 84.4 Å². The first-order valence-electron chi connectivity index (χ1n) is 10.7. The van der Waals surface area contributed by atoms with Gasteiger partial charge in [-0.25, -0.2) is 0 Å². The summed E-state index contributed by atoms with van der Waals surface area (Å²) >= 11 is 0. The third-order valence-corrected chi connectivity index (χ3v) is 5.04. The molecule has 32 heavy (non-hydrogen) atoms. The van der Waals surface area contributed by atoms with E-state index in [1.54, 1.807) is 36.2 Å². The van der Waals surface area contributed by atoms with Gasteiger partial charge >= 0.3 is 0 Å². The van der Waals surface area contributed by atoms with Crippen molar-refractivity contribution >= 4 is 28.9 Å². The van der Waals surface area contributed by atoms with E-state index in [9.17, 15) is 9.59 Å². The van der Waals surface area contributed by atoms with Gasteiger partial charge in [-0.15, -0.1) is 0 Å². The largest absolute Gasteiger partial charge is 0.494 e. The fraction of sp³-hybridized carbons (Fsp3) is 0.231. The van der Waals surface area contributed by atoms with Crippen LogP contribution in [-0.2, 0) is 16.0 Å². The molecule has 0 fully saturated rings. The van der Waals surface area contributed by atoms with Crippen molar-refractivity contribution in [3.63, 3.8) is 0 Å². The minimum Gasteiger partial charge on any atom is -0.494 e. The fourth-order valence-corrected chi connectivity index (χ4v) is 3.12. The van der Waals surface area contributed by atoms with Crippen molar-refractivity contribution in [1.29, 1.82) is 0 Å². The van der Waals surface area contributed by atoms with Crippen LogP contribution in [0.5, 0.6) is 5.75 Å². The molecule has 0 atom stereocenters. The molecule has 0 aliphatic heterocycles. The lowest BCUT2D eigenvalue weighted by Crippen LogP contribution is -2.23. The van der Waals surface area contributed by atoms with Crippen LogP contribution < -0.4 is 20.3 Å². The van der Waals surface area contributed by atoms with Gasteiger partial charge in [0.1, 0.15) is 5.75 Å². The van der Waals surface area contributed by atoms with Gasteiger partial charge < -0.3 is 20.3 Å². The van der Waals surface area contributed by atoms with Crippen molar-refractivity contribution in [2.45, 2.75) is 19.8 Å². The fourth-order valence-electron chi connectivity index (χ4n) is 3.12. The average molecular weight is 432 g/mol. The Balaban J connectivity index is 1.38. The SMILES string of the molecule is CC(=O)N(C)c1ccc(NC(=O)CNc2ccc(OCCCc3ccccc3)cc2)cc1. The summed E-state index contributed by atoms with van der Waals surface area (Å²) in [6.07, 6.45) is 1.95. The number of hydrogen-bond donors (Lipinski definition) is 2. The number of rotatable bonds is 10. The van der Waals surface area contributed by atoms with E-state index in [-0.39, 0.29) is 18.4 Å². The second kappa shape index (κ2) is 11.6. The number of amides is 2.